The fourth-order valence-corrected chi connectivity index (χ4v) is 2.15. The summed E-state index contributed by atoms with van der Waals surface area (Å²) in [6, 6.07) is 1.40. The van der Waals surface area contributed by atoms with E-state index in [4.69, 9.17) is 17.3 Å². The van der Waals surface area contributed by atoms with Gasteiger partial charge in [0.05, 0.1) is 11.2 Å². The molecule has 0 aliphatic carbocycles. The van der Waals surface area contributed by atoms with E-state index in [-0.39, 0.29) is 16.8 Å². The van der Waals surface area contributed by atoms with Crippen LogP contribution < -0.4 is 15.4 Å². The topological polar surface area (TPSA) is 51.4 Å². The summed E-state index contributed by atoms with van der Waals surface area (Å²) in [6.45, 7) is 0.00502. The molecule has 1 aromatic rings. The Morgan fingerprint density at radius 3 is 2.79 bits per heavy atom. The van der Waals surface area contributed by atoms with Crippen LogP contribution >= 0.6 is 11.6 Å². The summed E-state index contributed by atoms with van der Waals surface area (Å²) in [7, 11) is 0. The van der Waals surface area contributed by atoms with Crippen LogP contribution in [0.25, 0.3) is 0 Å². The number of halogens is 4. The Morgan fingerprint density at radius 1 is 1.53 bits per heavy atom. The van der Waals surface area contributed by atoms with Gasteiger partial charge in [-0.05, 0) is 6.42 Å². The molecule has 1 saturated heterocycles. The molecule has 8 heteroatoms. The summed E-state index contributed by atoms with van der Waals surface area (Å²) < 4.78 is 40.6. The average Bonchev–Trinajstić information content (AvgIpc) is 2.72. The largest absolute Gasteiger partial charge is 0.482 e. The molecule has 2 N–H and O–H groups in total. The summed E-state index contributed by atoms with van der Waals surface area (Å²) in [6.07, 6.45) is -2.31. The van der Waals surface area contributed by atoms with Crippen LogP contribution in [0, 0.1) is 0 Å². The molecule has 2 rings (SSSR count). The third-order valence-electron chi connectivity index (χ3n) is 2.72. The first-order valence-corrected chi connectivity index (χ1v) is 6.08. The van der Waals surface area contributed by atoms with Crippen molar-refractivity contribution < 1.29 is 17.9 Å². The number of pyridine rings is 1. The lowest BCUT2D eigenvalue weighted by atomic mass is 10.3. The van der Waals surface area contributed by atoms with Crippen molar-refractivity contribution in [2.75, 3.05) is 24.6 Å². The number of aromatic nitrogens is 1. The van der Waals surface area contributed by atoms with Gasteiger partial charge in [0.25, 0.3) is 0 Å². The Bertz CT molecular complexity index is 455. The van der Waals surface area contributed by atoms with E-state index in [9.17, 15) is 13.2 Å². The molecule has 1 fully saturated rings. The molecule has 0 unspecified atom stereocenters. The van der Waals surface area contributed by atoms with E-state index >= 15 is 0 Å². The van der Waals surface area contributed by atoms with Crippen molar-refractivity contribution in [3.63, 3.8) is 0 Å². The first kappa shape index (κ1) is 14.2. The SMILES string of the molecule is N[C@@H]1CCN(c2ncc(OCC(F)(F)F)cc2Cl)C1. The monoisotopic (exact) mass is 295 g/mol. The number of anilines is 1. The molecule has 1 atom stereocenters. The van der Waals surface area contributed by atoms with Crippen LogP contribution in [-0.4, -0.2) is 36.9 Å². The number of nitrogens with two attached hydrogens (primary N) is 1. The first-order valence-electron chi connectivity index (χ1n) is 5.71. The van der Waals surface area contributed by atoms with Crippen molar-refractivity contribution >= 4 is 17.4 Å². The Kier molecular flexibility index (Phi) is 4.05. The number of nitrogens with zero attached hydrogens (tertiary/aromatic N) is 2. The van der Waals surface area contributed by atoms with Gasteiger partial charge in [-0.25, -0.2) is 4.98 Å². The van der Waals surface area contributed by atoms with E-state index in [1.807, 2.05) is 4.90 Å². The maximum atomic E-state index is 12.0. The van der Waals surface area contributed by atoms with E-state index in [0.29, 0.717) is 12.4 Å². The fraction of sp³-hybridized carbons (Fsp3) is 0.545. The van der Waals surface area contributed by atoms with Gasteiger partial charge in [-0.3, -0.25) is 0 Å². The van der Waals surface area contributed by atoms with Crippen molar-refractivity contribution in [2.24, 2.45) is 5.73 Å². The van der Waals surface area contributed by atoms with Crippen molar-refractivity contribution in [3.05, 3.63) is 17.3 Å². The predicted molar refractivity (Wildman–Crippen MR) is 65.6 cm³/mol. The summed E-state index contributed by atoms with van der Waals surface area (Å²) >= 11 is 6.00. The van der Waals surface area contributed by atoms with Gasteiger partial charge in [-0.15, -0.1) is 0 Å². The van der Waals surface area contributed by atoms with Crippen molar-refractivity contribution in [2.45, 2.75) is 18.6 Å². The zero-order valence-corrected chi connectivity index (χ0v) is 10.7. The molecule has 1 aliphatic rings. The van der Waals surface area contributed by atoms with Gasteiger partial charge < -0.3 is 15.4 Å². The second-order valence-corrected chi connectivity index (χ2v) is 4.78. The van der Waals surface area contributed by atoms with Crippen LogP contribution in [-0.2, 0) is 0 Å². The van der Waals surface area contributed by atoms with Crippen LogP contribution in [0.15, 0.2) is 12.3 Å². The van der Waals surface area contributed by atoms with E-state index in [1.165, 1.54) is 12.3 Å². The lowest BCUT2D eigenvalue weighted by Crippen LogP contribution is -2.27. The second kappa shape index (κ2) is 5.42. The highest BCUT2D eigenvalue weighted by Crippen LogP contribution is 2.29. The summed E-state index contributed by atoms with van der Waals surface area (Å²) in [5, 5.41) is 0.258. The standard InChI is InChI=1S/C11H13ClF3N3O/c12-9-3-8(19-6-11(13,14)15)4-17-10(9)18-2-1-7(16)5-18/h3-4,7H,1-2,5-6,16H2/t7-/m1/s1. The highest BCUT2D eigenvalue weighted by molar-refractivity contribution is 6.33. The van der Waals surface area contributed by atoms with Crippen molar-refractivity contribution in [1.29, 1.82) is 0 Å². The maximum Gasteiger partial charge on any atom is 0.422 e. The van der Waals surface area contributed by atoms with Gasteiger partial charge in [-0.1, -0.05) is 11.6 Å². The van der Waals surface area contributed by atoms with Crippen molar-refractivity contribution in [3.8, 4) is 5.75 Å². The van der Waals surface area contributed by atoms with Crippen LogP contribution in [0.4, 0.5) is 19.0 Å². The number of ether oxygens (including phenoxy) is 1. The molecule has 0 bridgehead atoms. The fourth-order valence-electron chi connectivity index (χ4n) is 1.87. The molecule has 1 aliphatic heterocycles. The second-order valence-electron chi connectivity index (χ2n) is 4.38. The molecule has 1 aromatic heterocycles. The molecule has 0 spiro atoms. The molecule has 106 valence electrons. The third kappa shape index (κ3) is 3.87. The van der Waals surface area contributed by atoms with Crippen molar-refractivity contribution in [1.82, 2.24) is 4.98 Å². The third-order valence-corrected chi connectivity index (χ3v) is 3.00. The van der Waals surface area contributed by atoms with E-state index < -0.39 is 12.8 Å². The highest BCUT2D eigenvalue weighted by atomic mass is 35.5. The summed E-state index contributed by atoms with van der Waals surface area (Å²) in [5.74, 6) is 0.517. The minimum atomic E-state index is -4.38. The van der Waals surface area contributed by atoms with Gasteiger partial charge in [0.2, 0.25) is 0 Å². The zero-order valence-electron chi connectivity index (χ0n) is 9.95. The predicted octanol–water partition coefficient (Wildman–Crippen LogP) is 2.21. The number of alkyl halides is 3. The van der Waals surface area contributed by atoms with Gasteiger partial charge in [0.1, 0.15) is 11.6 Å². The average molecular weight is 296 g/mol. The molecule has 2 heterocycles. The number of hydrogen-bond donors (Lipinski definition) is 1. The Balaban J connectivity index is 2.05. The van der Waals surface area contributed by atoms with Gasteiger partial charge >= 0.3 is 6.18 Å². The summed E-state index contributed by atoms with van der Waals surface area (Å²) in [5.41, 5.74) is 5.78. The smallest absolute Gasteiger partial charge is 0.422 e. The zero-order chi connectivity index (χ0) is 14.0. The molecular weight excluding hydrogens is 283 g/mol. The lowest BCUT2D eigenvalue weighted by molar-refractivity contribution is -0.153. The normalized spacial score (nSPS) is 19.8. The minimum absolute atomic E-state index is 0.00503. The molecule has 0 saturated carbocycles. The van der Waals surface area contributed by atoms with Gasteiger partial charge in [0.15, 0.2) is 6.61 Å². The van der Waals surface area contributed by atoms with Crippen LogP contribution in [0.3, 0.4) is 0 Å². The van der Waals surface area contributed by atoms with Crippen LogP contribution in [0.5, 0.6) is 5.75 Å². The van der Waals surface area contributed by atoms with Crippen LogP contribution in [0.2, 0.25) is 5.02 Å². The molecule has 0 radical (unpaired) electrons. The quantitative estimate of drug-likeness (QED) is 0.929. The van der Waals surface area contributed by atoms with E-state index in [0.717, 1.165) is 13.0 Å². The van der Waals surface area contributed by atoms with Gasteiger partial charge in [0, 0.05) is 25.2 Å². The lowest BCUT2D eigenvalue weighted by Gasteiger charge is -2.18. The van der Waals surface area contributed by atoms with E-state index in [1.54, 1.807) is 0 Å². The Morgan fingerprint density at radius 2 is 2.26 bits per heavy atom. The van der Waals surface area contributed by atoms with Crippen LogP contribution in [0.1, 0.15) is 6.42 Å². The van der Waals surface area contributed by atoms with E-state index in [2.05, 4.69) is 9.72 Å². The number of hydrogen-bond acceptors (Lipinski definition) is 4. The molecule has 4 nitrogen and oxygen atoms in total. The summed E-state index contributed by atoms with van der Waals surface area (Å²) in [4.78, 5) is 5.94. The molecule has 19 heavy (non-hydrogen) atoms. The Labute approximate surface area is 113 Å². The molecular formula is C11H13ClF3N3O. The number of rotatable bonds is 3. The first-order chi connectivity index (χ1) is 8.85. The Hall–Kier alpha value is -1.21. The minimum Gasteiger partial charge on any atom is -0.482 e. The molecule has 0 aromatic carbocycles. The maximum absolute atomic E-state index is 12.0. The van der Waals surface area contributed by atoms with Gasteiger partial charge in [-0.2, -0.15) is 13.2 Å². The molecule has 0 amide bonds. The highest BCUT2D eigenvalue weighted by Gasteiger charge is 2.29.